The molecule has 0 bridgehead atoms. The molecule has 2 aromatic carbocycles. The van der Waals surface area contributed by atoms with Crippen molar-refractivity contribution in [3.8, 4) is 0 Å². The Morgan fingerprint density at radius 1 is 1.11 bits per heavy atom. The highest BCUT2D eigenvalue weighted by atomic mass is 35.5. The number of hydrogen-bond acceptors (Lipinski definition) is 4. The molecular weight excluding hydrogens is 508 g/mol. The van der Waals surface area contributed by atoms with Gasteiger partial charge in [0.25, 0.3) is 5.91 Å². The van der Waals surface area contributed by atoms with E-state index in [1.54, 1.807) is 43.9 Å². The molecule has 3 rings (SSSR count). The van der Waals surface area contributed by atoms with Gasteiger partial charge >= 0.3 is 0 Å². The van der Waals surface area contributed by atoms with Crippen molar-refractivity contribution in [1.29, 1.82) is 0 Å². The van der Waals surface area contributed by atoms with E-state index in [-0.39, 0.29) is 34.0 Å². The van der Waals surface area contributed by atoms with Crippen LogP contribution in [0.3, 0.4) is 0 Å². The van der Waals surface area contributed by atoms with Gasteiger partial charge in [0, 0.05) is 37.4 Å². The number of carbonyl (C=O) groups excluding carboxylic acids is 3. The van der Waals surface area contributed by atoms with E-state index >= 15 is 0 Å². The number of aromatic nitrogens is 2. The number of nitrogens with one attached hydrogen (secondary N) is 3. The standard InChI is InChI=1S/C25H26Cl2FN5O3/c1-14(34)30-18-5-6-19(20(27)12-18)23(35)29-13-21(15-9-16(26)11-17(28)10-15)31-24(36)25(2,3)22-7-8-33(4)32-22/h5-12,21H,13H2,1-4H3,(H,29,35)(H,30,34)(H,31,36). The van der Waals surface area contributed by atoms with Crippen molar-refractivity contribution < 1.29 is 18.8 Å². The van der Waals surface area contributed by atoms with Crippen LogP contribution in [0.2, 0.25) is 10.0 Å². The fourth-order valence-electron chi connectivity index (χ4n) is 3.50. The molecule has 0 spiro atoms. The number of carbonyl (C=O) groups is 3. The predicted molar refractivity (Wildman–Crippen MR) is 137 cm³/mol. The number of anilines is 1. The van der Waals surface area contributed by atoms with Gasteiger partial charge in [0.2, 0.25) is 11.8 Å². The Kier molecular flexibility index (Phi) is 8.37. The van der Waals surface area contributed by atoms with Gasteiger partial charge in [0.05, 0.1) is 27.7 Å². The van der Waals surface area contributed by atoms with E-state index in [1.165, 1.54) is 31.2 Å². The normalized spacial score (nSPS) is 12.1. The van der Waals surface area contributed by atoms with Crippen molar-refractivity contribution in [1.82, 2.24) is 20.4 Å². The largest absolute Gasteiger partial charge is 0.350 e. The number of hydrogen-bond donors (Lipinski definition) is 3. The van der Waals surface area contributed by atoms with Crippen LogP contribution in [0.1, 0.15) is 48.4 Å². The third-order valence-electron chi connectivity index (χ3n) is 5.52. The summed E-state index contributed by atoms with van der Waals surface area (Å²) in [5.74, 6) is -1.74. The lowest BCUT2D eigenvalue weighted by Crippen LogP contribution is -2.45. The van der Waals surface area contributed by atoms with Crippen LogP contribution in [-0.2, 0) is 22.1 Å². The molecule has 0 aliphatic heterocycles. The van der Waals surface area contributed by atoms with Crippen molar-refractivity contribution in [2.45, 2.75) is 32.2 Å². The molecule has 1 atom stereocenters. The summed E-state index contributed by atoms with van der Waals surface area (Å²) >= 11 is 12.3. The Hall–Kier alpha value is -3.43. The molecule has 0 saturated carbocycles. The number of nitrogens with zero attached hydrogens (tertiary/aromatic N) is 2. The molecule has 3 aromatic rings. The number of amides is 3. The van der Waals surface area contributed by atoms with Crippen LogP contribution in [0.4, 0.5) is 10.1 Å². The molecule has 0 aliphatic carbocycles. The molecule has 0 radical (unpaired) electrons. The second-order valence-corrected chi connectivity index (χ2v) is 9.66. The van der Waals surface area contributed by atoms with Crippen LogP contribution in [-0.4, -0.2) is 34.0 Å². The van der Waals surface area contributed by atoms with E-state index in [2.05, 4.69) is 21.0 Å². The summed E-state index contributed by atoms with van der Waals surface area (Å²) in [7, 11) is 1.75. The number of benzene rings is 2. The summed E-state index contributed by atoms with van der Waals surface area (Å²) < 4.78 is 15.7. The Labute approximate surface area is 218 Å². The van der Waals surface area contributed by atoms with Gasteiger partial charge in [0.15, 0.2) is 0 Å². The first-order valence-corrected chi connectivity index (χ1v) is 11.7. The highest BCUT2D eigenvalue weighted by molar-refractivity contribution is 6.34. The van der Waals surface area contributed by atoms with Crippen molar-refractivity contribution in [3.63, 3.8) is 0 Å². The molecule has 3 amide bonds. The Morgan fingerprint density at radius 2 is 1.83 bits per heavy atom. The molecule has 0 aliphatic rings. The number of aryl methyl sites for hydroxylation is 1. The third kappa shape index (κ3) is 6.61. The molecule has 8 nitrogen and oxygen atoms in total. The second-order valence-electron chi connectivity index (χ2n) is 8.81. The smallest absolute Gasteiger partial charge is 0.252 e. The molecule has 1 heterocycles. The SMILES string of the molecule is CC(=O)Nc1ccc(C(=O)NCC(NC(=O)C(C)(C)c2ccn(C)n2)c2cc(F)cc(Cl)c2)c(Cl)c1. The highest BCUT2D eigenvalue weighted by Crippen LogP contribution is 2.26. The molecule has 11 heteroatoms. The molecule has 0 saturated heterocycles. The van der Waals surface area contributed by atoms with Crippen LogP contribution in [0, 0.1) is 5.82 Å². The Balaban J connectivity index is 1.82. The molecule has 0 fully saturated rings. The average molecular weight is 534 g/mol. The quantitative estimate of drug-likeness (QED) is 0.399. The molecule has 1 aromatic heterocycles. The first-order valence-electron chi connectivity index (χ1n) is 11.0. The van der Waals surface area contributed by atoms with Gasteiger partial charge in [-0.15, -0.1) is 0 Å². The lowest BCUT2D eigenvalue weighted by molar-refractivity contribution is -0.126. The maximum Gasteiger partial charge on any atom is 0.252 e. The minimum atomic E-state index is -1.01. The van der Waals surface area contributed by atoms with E-state index < -0.39 is 23.2 Å². The van der Waals surface area contributed by atoms with Crippen molar-refractivity contribution in [2.75, 3.05) is 11.9 Å². The van der Waals surface area contributed by atoms with Gasteiger partial charge in [-0.25, -0.2) is 4.39 Å². The van der Waals surface area contributed by atoms with E-state index in [1.807, 2.05) is 0 Å². The van der Waals surface area contributed by atoms with Crippen LogP contribution in [0.15, 0.2) is 48.7 Å². The van der Waals surface area contributed by atoms with E-state index in [4.69, 9.17) is 23.2 Å². The van der Waals surface area contributed by atoms with Crippen LogP contribution >= 0.6 is 23.2 Å². The Bertz CT molecular complexity index is 1290. The first kappa shape index (κ1) is 27.2. The third-order valence-corrected chi connectivity index (χ3v) is 6.05. The van der Waals surface area contributed by atoms with Crippen molar-refractivity contribution in [3.05, 3.63) is 81.3 Å². The summed E-state index contributed by atoms with van der Waals surface area (Å²) in [6.07, 6.45) is 1.73. The van der Waals surface area contributed by atoms with E-state index in [0.717, 1.165) is 6.07 Å². The van der Waals surface area contributed by atoms with Crippen molar-refractivity contribution in [2.24, 2.45) is 7.05 Å². The summed E-state index contributed by atoms with van der Waals surface area (Å²) in [6, 6.07) is 9.31. The summed E-state index contributed by atoms with van der Waals surface area (Å²) in [5.41, 5.74) is 0.525. The van der Waals surface area contributed by atoms with Gasteiger partial charge in [0.1, 0.15) is 5.82 Å². The monoisotopic (exact) mass is 533 g/mol. The van der Waals surface area contributed by atoms with Gasteiger partial charge in [-0.3, -0.25) is 19.1 Å². The lowest BCUT2D eigenvalue weighted by Gasteiger charge is -2.27. The minimum Gasteiger partial charge on any atom is -0.350 e. The van der Waals surface area contributed by atoms with Crippen molar-refractivity contribution >= 4 is 46.6 Å². The molecular formula is C25H26Cl2FN5O3. The van der Waals surface area contributed by atoms with Crippen LogP contribution in [0.25, 0.3) is 0 Å². The summed E-state index contributed by atoms with van der Waals surface area (Å²) in [5, 5.41) is 12.8. The topological polar surface area (TPSA) is 105 Å². The fourth-order valence-corrected chi connectivity index (χ4v) is 4.00. The zero-order valence-electron chi connectivity index (χ0n) is 20.2. The molecule has 36 heavy (non-hydrogen) atoms. The van der Waals surface area contributed by atoms with E-state index in [0.29, 0.717) is 16.9 Å². The van der Waals surface area contributed by atoms with Crippen LogP contribution < -0.4 is 16.0 Å². The number of halogens is 3. The Morgan fingerprint density at radius 3 is 2.42 bits per heavy atom. The predicted octanol–water partition coefficient (Wildman–Crippen LogP) is 4.39. The molecule has 190 valence electrons. The van der Waals surface area contributed by atoms with Crippen LogP contribution in [0.5, 0.6) is 0 Å². The zero-order chi connectivity index (χ0) is 26.6. The highest BCUT2D eigenvalue weighted by Gasteiger charge is 2.34. The second kappa shape index (κ2) is 11.1. The van der Waals surface area contributed by atoms with Gasteiger partial charge in [-0.1, -0.05) is 23.2 Å². The van der Waals surface area contributed by atoms with E-state index in [9.17, 15) is 18.8 Å². The maximum absolute atomic E-state index is 14.1. The summed E-state index contributed by atoms with van der Waals surface area (Å²) in [4.78, 5) is 37.4. The van der Waals surface area contributed by atoms with Gasteiger partial charge in [-0.05, 0) is 61.9 Å². The maximum atomic E-state index is 14.1. The minimum absolute atomic E-state index is 0.0770. The summed E-state index contributed by atoms with van der Waals surface area (Å²) in [6.45, 7) is 4.72. The lowest BCUT2D eigenvalue weighted by atomic mass is 9.87. The zero-order valence-corrected chi connectivity index (χ0v) is 21.7. The first-order chi connectivity index (χ1) is 16.9. The fraction of sp³-hybridized carbons (Fsp3) is 0.280. The molecule has 3 N–H and O–H groups in total. The number of rotatable bonds is 8. The molecule has 1 unspecified atom stereocenters. The van der Waals surface area contributed by atoms with Gasteiger partial charge < -0.3 is 16.0 Å². The van der Waals surface area contributed by atoms with Gasteiger partial charge in [-0.2, -0.15) is 5.10 Å². The average Bonchev–Trinajstić information content (AvgIpc) is 3.22.